The van der Waals surface area contributed by atoms with Crippen molar-refractivity contribution in [3.63, 3.8) is 0 Å². The summed E-state index contributed by atoms with van der Waals surface area (Å²) in [4.78, 5) is 14.7. The van der Waals surface area contributed by atoms with Crippen LogP contribution in [0.2, 0.25) is 0 Å². The highest BCUT2D eigenvalue weighted by Gasteiger charge is 2.29. The van der Waals surface area contributed by atoms with Gasteiger partial charge < -0.3 is 15.4 Å². The molecule has 1 fully saturated rings. The lowest BCUT2D eigenvalue weighted by Gasteiger charge is -2.39. The number of nitrogen functional groups attached to an aromatic ring is 1. The average Bonchev–Trinajstić information content (AvgIpc) is 2.41. The predicted octanol–water partition coefficient (Wildman–Crippen LogP) is 3.07. The van der Waals surface area contributed by atoms with Crippen molar-refractivity contribution < 1.29 is 9.53 Å². The third-order valence-electron chi connectivity index (χ3n) is 3.98. The molecule has 2 atom stereocenters. The van der Waals surface area contributed by atoms with E-state index in [2.05, 4.69) is 13.8 Å². The van der Waals surface area contributed by atoms with Crippen molar-refractivity contribution in [3.05, 3.63) is 23.8 Å². The fourth-order valence-electron chi connectivity index (χ4n) is 2.94. The van der Waals surface area contributed by atoms with Crippen LogP contribution in [0.3, 0.4) is 0 Å². The van der Waals surface area contributed by atoms with Gasteiger partial charge in [-0.3, -0.25) is 4.79 Å². The second kappa shape index (κ2) is 6.16. The summed E-state index contributed by atoms with van der Waals surface area (Å²) >= 11 is 0. The Labute approximate surface area is 120 Å². The molecule has 1 saturated heterocycles. The smallest absolute Gasteiger partial charge is 0.254 e. The first-order valence-electron chi connectivity index (χ1n) is 7.39. The molecule has 110 valence electrons. The molecular formula is C16H24N2O2. The summed E-state index contributed by atoms with van der Waals surface area (Å²) in [6.07, 6.45) is 3.34. The fourth-order valence-corrected chi connectivity index (χ4v) is 2.94. The van der Waals surface area contributed by atoms with Crippen LogP contribution in [-0.2, 0) is 0 Å². The zero-order chi connectivity index (χ0) is 14.7. The molecule has 2 rings (SSSR count). The Morgan fingerprint density at radius 3 is 2.55 bits per heavy atom. The third kappa shape index (κ3) is 2.89. The standard InChI is InChI=1S/C16H24N2O2/c1-4-20-15-9-8-13(10-14(15)17)16(19)18-11(2)6-5-7-12(18)3/h8-12H,4-7,17H2,1-3H3/t11-,12-/m1/s1. The summed E-state index contributed by atoms with van der Waals surface area (Å²) in [5.41, 5.74) is 7.12. The highest BCUT2D eigenvalue weighted by atomic mass is 16.5. The van der Waals surface area contributed by atoms with E-state index in [0.717, 1.165) is 12.8 Å². The monoisotopic (exact) mass is 276 g/mol. The van der Waals surface area contributed by atoms with E-state index in [9.17, 15) is 4.79 Å². The molecular weight excluding hydrogens is 252 g/mol. The van der Waals surface area contributed by atoms with Crippen LogP contribution >= 0.6 is 0 Å². The largest absolute Gasteiger partial charge is 0.492 e. The van der Waals surface area contributed by atoms with Crippen molar-refractivity contribution >= 4 is 11.6 Å². The molecule has 4 nitrogen and oxygen atoms in total. The number of anilines is 1. The summed E-state index contributed by atoms with van der Waals surface area (Å²) in [7, 11) is 0. The molecule has 0 saturated carbocycles. The molecule has 0 unspecified atom stereocenters. The van der Waals surface area contributed by atoms with E-state index in [0.29, 0.717) is 35.7 Å². The van der Waals surface area contributed by atoms with Crippen LogP contribution in [0.15, 0.2) is 18.2 Å². The van der Waals surface area contributed by atoms with Crippen molar-refractivity contribution in [2.24, 2.45) is 0 Å². The Bertz CT molecular complexity index is 477. The van der Waals surface area contributed by atoms with Gasteiger partial charge in [-0.2, -0.15) is 0 Å². The highest BCUT2D eigenvalue weighted by Crippen LogP contribution is 2.27. The van der Waals surface area contributed by atoms with Crippen LogP contribution in [0, 0.1) is 0 Å². The van der Waals surface area contributed by atoms with Crippen LogP contribution < -0.4 is 10.5 Å². The maximum absolute atomic E-state index is 12.7. The number of likely N-dealkylation sites (tertiary alicyclic amines) is 1. The first-order chi connectivity index (χ1) is 9.54. The van der Waals surface area contributed by atoms with Crippen molar-refractivity contribution in [1.82, 2.24) is 4.90 Å². The lowest BCUT2D eigenvalue weighted by Crippen LogP contribution is -2.47. The van der Waals surface area contributed by atoms with E-state index in [1.165, 1.54) is 6.42 Å². The van der Waals surface area contributed by atoms with Crippen LogP contribution in [0.5, 0.6) is 5.75 Å². The van der Waals surface area contributed by atoms with E-state index in [1.54, 1.807) is 18.2 Å². The number of piperidine rings is 1. The van der Waals surface area contributed by atoms with Crippen LogP contribution in [0.4, 0.5) is 5.69 Å². The van der Waals surface area contributed by atoms with Gasteiger partial charge in [0.15, 0.2) is 0 Å². The number of carbonyl (C=O) groups is 1. The molecule has 20 heavy (non-hydrogen) atoms. The van der Waals surface area contributed by atoms with Crippen LogP contribution in [-0.4, -0.2) is 29.5 Å². The van der Waals surface area contributed by atoms with E-state index in [-0.39, 0.29) is 5.91 Å². The molecule has 1 aliphatic heterocycles. The van der Waals surface area contributed by atoms with Crippen LogP contribution in [0.1, 0.15) is 50.4 Å². The summed E-state index contributed by atoms with van der Waals surface area (Å²) in [6.45, 7) is 6.71. The number of nitrogens with zero attached hydrogens (tertiary/aromatic N) is 1. The number of hydrogen-bond donors (Lipinski definition) is 1. The normalized spacial score (nSPS) is 22.6. The van der Waals surface area contributed by atoms with Gasteiger partial charge in [0.2, 0.25) is 0 Å². The molecule has 0 aliphatic carbocycles. The van der Waals surface area contributed by atoms with Gasteiger partial charge in [-0.05, 0) is 58.2 Å². The zero-order valence-electron chi connectivity index (χ0n) is 12.6. The quantitative estimate of drug-likeness (QED) is 0.863. The highest BCUT2D eigenvalue weighted by molar-refractivity contribution is 5.96. The number of ether oxygens (including phenoxy) is 1. The molecule has 4 heteroatoms. The number of benzene rings is 1. The van der Waals surface area contributed by atoms with E-state index >= 15 is 0 Å². The predicted molar refractivity (Wildman–Crippen MR) is 81.0 cm³/mol. The minimum Gasteiger partial charge on any atom is -0.492 e. The summed E-state index contributed by atoms with van der Waals surface area (Å²) in [5.74, 6) is 0.711. The minimum absolute atomic E-state index is 0.0689. The molecule has 2 N–H and O–H groups in total. The number of nitrogens with two attached hydrogens (primary N) is 1. The molecule has 0 spiro atoms. The van der Waals surface area contributed by atoms with Gasteiger partial charge in [0, 0.05) is 17.6 Å². The molecule has 0 bridgehead atoms. The Hall–Kier alpha value is -1.71. The van der Waals surface area contributed by atoms with Crippen molar-refractivity contribution in [2.45, 2.75) is 52.1 Å². The Balaban J connectivity index is 2.22. The van der Waals surface area contributed by atoms with Gasteiger partial charge >= 0.3 is 0 Å². The van der Waals surface area contributed by atoms with Gasteiger partial charge in [-0.1, -0.05) is 0 Å². The molecule has 1 aromatic rings. The number of amides is 1. The second-order valence-corrected chi connectivity index (χ2v) is 5.53. The minimum atomic E-state index is 0.0689. The van der Waals surface area contributed by atoms with Crippen LogP contribution in [0.25, 0.3) is 0 Å². The van der Waals surface area contributed by atoms with Crippen molar-refractivity contribution in [1.29, 1.82) is 0 Å². The maximum atomic E-state index is 12.7. The molecule has 0 aromatic heterocycles. The zero-order valence-corrected chi connectivity index (χ0v) is 12.6. The second-order valence-electron chi connectivity index (χ2n) is 5.53. The van der Waals surface area contributed by atoms with Gasteiger partial charge in [-0.25, -0.2) is 0 Å². The summed E-state index contributed by atoms with van der Waals surface area (Å²) in [5, 5.41) is 0. The number of hydrogen-bond acceptors (Lipinski definition) is 3. The number of carbonyl (C=O) groups excluding carboxylic acids is 1. The molecule has 1 aliphatic rings. The summed E-state index contributed by atoms with van der Waals surface area (Å²) in [6, 6.07) is 5.89. The van der Waals surface area contributed by atoms with Crippen molar-refractivity contribution in [2.75, 3.05) is 12.3 Å². The number of rotatable bonds is 3. The topological polar surface area (TPSA) is 55.6 Å². The van der Waals surface area contributed by atoms with Gasteiger partial charge in [0.25, 0.3) is 5.91 Å². The third-order valence-corrected chi connectivity index (χ3v) is 3.98. The summed E-state index contributed by atoms with van der Waals surface area (Å²) < 4.78 is 5.41. The Morgan fingerprint density at radius 2 is 2.00 bits per heavy atom. The van der Waals surface area contributed by atoms with E-state index < -0.39 is 0 Å². The molecule has 1 heterocycles. The van der Waals surface area contributed by atoms with Gasteiger partial charge in [-0.15, -0.1) is 0 Å². The first kappa shape index (κ1) is 14.7. The lowest BCUT2D eigenvalue weighted by molar-refractivity contribution is 0.0511. The van der Waals surface area contributed by atoms with E-state index in [4.69, 9.17) is 10.5 Å². The van der Waals surface area contributed by atoms with Crippen molar-refractivity contribution in [3.8, 4) is 5.75 Å². The molecule has 1 aromatic carbocycles. The Kier molecular flexibility index (Phi) is 4.53. The Morgan fingerprint density at radius 1 is 1.35 bits per heavy atom. The molecule has 1 amide bonds. The van der Waals surface area contributed by atoms with Gasteiger partial charge in [0.1, 0.15) is 5.75 Å². The molecule has 0 radical (unpaired) electrons. The lowest BCUT2D eigenvalue weighted by atomic mass is 9.96. The van der Waals surface area contributed by atoms with Gasteiger partial charge in [0.05, 0.1) is 12.3 Å². The maximum Gasteiger partial charge on any atom is 0.254 e. The van der Waals surface area contributed by atoms with E-state index in [1.807, 2.05) is 11.8 Å². The SMILES string of the molecule is CCOc1ccc(C(=O)N2[C@H](C)CCC[C@H]2C)cc1N. The average molecular weight is 276 g/mol. The fraction of sp³-hybridized carbons (Fsp3) is 0.562. The first-order valence-corrected chi connectivity index (χ1v) is 7.39.